The van der Waals surface area contributed by atoms with E-state index in [1.165, 1.54) is 7.11 Å². The van der Waals surface area contributed by atoms with Gasteiger partial charge in [0.25, 0.3) is 0 Å². The van der Waals surface area contributed by atoms with Gasteiger partial charge in [-0.25, -0.2) is 4.79 Å². The van der Waals surface area contributed by atoms with Crippen LogP contribution in [-0.4, -0.2) is 26.8 Å². The van der Waals surface area contributed by atoms with Gasteiger partial charge in [-0.3, -0.25) is 0 Å². The molecule has 0 N–H and O–H groups in total. The van der Waals surface area contributed by atoms with Crippen molar-refractivity contribution >= 4 is 5.97 Å². The number of fused-ring (bicyclic) bond motifs is 1. The minimum atomic E-state index is -0.341. The Hall–Kier alpha value is -1.71. The molecule has 0 aromatic heterocycles. The second kappa shape index (κ2) is 3.81. The number of hydrogen-bond donors (Lipinski definition) is 0. The number of ether oxygens (including phenoxy) is 3. The predicted octanol–water partition coefficient (Wildman–Crippen LogP) is 1.42. The van der Waals surface area contributed by atoms with Crippen LogP contribution in [0, 0.1) is 0 Å². The van der Waals surface area contributed by atoms with E-state index in [1.807, 2.05) is 6.07 Å². The van der Waals surface area contributed by atoms with Crippen molar-refractivity contribution in [2.45, 2.75) is 6.42 Å². The molecule has 0 saturated carbocycles. The summed E-state index contributed by atoms with van der Waals surface area (Å²) in [6.07, 6.45) is 0.724. The molecule has 0 fully saturated rings. The molecule has 0 atom stereocenters. The van der Waals surface area contributed by atoms with E-state index in [0.29, 0.717) is 23.7 Å². The highest BCUT2D eigenvalue weighted by Crippen LogP contribution is 2.35. The third kappa shape index (κ3) is 1.52. The fourth-order valence-electron chi connectivity index (χ4n) is 1.73. The van der Waals surface area contributed by atoms with Crippen LogP contribution < -0.4 is 9.47 Å². The monoisotopic (exact) mass is 208 g/mol. The second-order valence-electron chi connectivity index (χ2n) is 3.22. The number of rotatable bonds is 2. The first-order chi connectivity index (χ1) is 7.27. The Kier molecular flexibility index (Phi) is 2.49. The molecule has 1 aromatic rings. The van der Waals surface area contributed by atoms with Crippen molar-refractivity contribution in [2.75, 3.05) is 20.8 Å². The fraction of sp³-hybridized carbons (Fsp3) is 0.364. The zero-order valence-electron chi connectivity index (χ0n) is 8.70. The van der Waals surface area contributed by atoms with Crippen LogP contribution >= 0.6 is 0 Å². The van der Waals surface area contributed by atoms with Crippen molar-refractivity contribution in [2.24, 2.45) is 0 Å². The number of esters is 1. The number of carbonyl (C=O) groups is 1. The average molecular weight is 208 g/mol. The van der Waals surface area contributed by atoms with Gasteiger partial charge < -0.3 is 14.2 Å². The van der Waals surface area contributed by atoms with Gasteiger partial charge in [0.05, 0.1) is 20.8 Å². The van der Waals surface area contributed by atoms with Crippen molar-refractivity contribution < 1.29 is 19.0 Å². The molecule has 0 unspecified atom stereocenters. The van der Waals surface area contributed by atoms with Gasteiger partial charge in [-0.15, -0.1) is 0 Å². The molecule has 4 nitrogen and oxygen atoms in total. The Bertz CT molecular complexity index is 398. The van der Waals surface area contributed by atoms with Gasteiger partial charge >= 0.3 is 5.97 Å². The fourth-order valence-corrected chi connectivity index (χ4v) is 1.73. The highest BCUT2D eigenvalue weighted by molar-refractivity contribution is 5.96. The molecule has 0 amide bonds. The Morgan fingerprint density at radius 3 is 2.73 bits per heavy atom. The van der Waals surface area contributed by atoms with Crippen LogP contribution in [0.1, 0.15) is 15.9 Å². The lowest BCUT2D eigenvalue weighted by Gasteiger charge is -2.19. The number of benzene rings is 1. The highest BCUT2D eigenvalue weighted by atomic mass is 16.5. The van der Waals surface area contributed by atoms with E-state index in [0.717, 1.165) is 12.0 Å². The van der Waals surface area contributed by atoms with Crippen molar-refractivity contribution in [3.8, 4) is 11.5 Å². The van der Waals surface area contributed by atoms with Crippen LogP contribution in [0.2, 0.25) is 0 Å². The first kappa shape index (κ1) is 9.83. The summed E-state index contributed by atoms with van der Waals surface area (Å²) in [5.41, 5.74) is 1.44. The third-order valence-corrected chi connectivity index (χ3v) is 2.44. The molecule has 4 heteroatoms. The topological polar surface area (TPSA) is 44.8 Å². The molecule has 0 bridgehead atoms. The van der Waals surface area contributed by atoms with Gasteiger partial charge in [0, 0.05) is 6.42 Å². The van der Waals surface area contributed by atoms with Gasteiger partial charge in [-0.05, 0) is 11.6 Å². The molecule has 0 aliphatic carbocycles. The van der Waals surface area contributed by atoms with Crippen LogP contribution in [0.15, 0.2) is 12.1 Å². The zero-order chi connectivity index (χ0) is 10.8. The van der Waals surface area contributed by atoms with Crippen LogP contribution in [-0.2, 0) is 11.2 Å². The van der Waals surface area contributed by atoms with Gasteiger partial charge in [-0.1, -0.05) is 6.07 Å². The standard InChI is InChI=1S/C11H12O4/c1-13-8-4-3-7-5-6-15-11(12)9(7)10(8)14-2/h3-4H,5-6H2,1-2H3. The Morgan fingerprint density at radius 1 is 1.27 bits per heavy atom. The van der Waals surface area contributed by atoms with Gasteiger partial charge in [-0.2, -0.15) is 0 Å². The summed E-state index contributed by atoms with van der Waals surface area (Å²) >= 11 is 0. The number of methoxy groups -OCH3 is 2. The quantitative estimate of drug-likeness (QED) is 0.689. The SMILES string of the molecule is COc1ccc2c(c1OC)C(=O)OCC2. The third-order valence-electron chi connectivity index (χ3n) is 2.44. The summed E-state index contributed by atoms with van der Waals surface area (Å²) in [7, 11) is 3.05. The number of carbonyl (C=O) groups excluding carboxylic acids is 1. The maximum atomic E-state index is 11.6. The average Bonchev–Trinajstić information content (AvgIpc) is 2.28. The van der Waals surface area contributed by atoms with Crippen molar-refractivity contribution in [3.05, 3.63) is 23.3 Å². The molecule has 1 aromatic carbocycles. The van der Waals surface area contributed by atoms with Crippen LogP contribution in [0.5, 0.6) is 11.5 Å². The number of cyclic esters (lactones) is 1. The Morgan fingerprint density at radius 2 is 2.07 bits per heavy atom. The Balaban J connectivity index is 2.61. The minimum Gasteiger partial charge on any atom is -0.493 e. The van der Waals surface area contributed by atoms with E-state index in [1.54, 1.807) is 13.2 Å². The summed E-state index contributed by atoms with van der Waals surface area (Å²) in [5, 5.41) is 0. The summed E-state index contributed by atoms with van der Waals surface area (Å²) in [4.78, 5) is 11.6. The van der Waals surface area contributed by atoms with E-state index in [4.69, 9.17) is 14.2 Å². The molecular weight excluding hydrogens is 196 g/mol. The molecule has 1 heterocycles. The molecule has 1 aliphatic heterocycles. The summed E-state index contributed by atoms with van der Waals surface area (Å²) < 4.78 is 15.3. The van der Waals surface area contributed by atoms with E-state index in [-0.39, 0.29) is 5.97 Å². The van der Waals surface area contributed by atoms with Crippen molar-refractivity contribution in [1.82, 2.24) is 0 Å². The predicted molar refractivity (Wildman–Crippen MR) is 53.5 cm³/mol. The smallest absolute Gasteiger partial charge is 0.342 e. The van der Waals surface area contributed by atoms with Crippen LogP contribution in [0.4, 0.5) is 0 Å². The number of hydrogen-bond acceptors (Lipinski definition) is 4. The first-order valence-corrected chi connectivity index (χ1v) is 4.69. The zero-order valence-corrected chi connectivity index (χ0v) is 8.70. The second-order valence-corrected chi connectivity index (χ2v) is 3.22. The van der Waals surface area contributed by atoms with Gasteiger partial charge in [0.1, 0.15) is 5.56 Å². The van der Waals surface area contributed by atoms with Crippen LogP contribution in [0.3, 0.4) is 0 Å². The molecule has 80 valence electrons. The molecular formula is C11H12O4. The van der Waals surface area contributed by atoms with Crippen molar-refractivity contribution in [1.29, 1.82) is 0 Å². The molecule has 15 heavy (non-hydrogen) atoms. The Labute approximate surface area is 87.8 Å². The molecule has 0 radical (unpaired) electrons. The largest absolute Gasteiger partial charge is 0.493 e. The highest BCUT2D eigenvalue weighted by Gasteiger charge is 2.25. The summed E-state index contributed by atoms with van der Waals surface area (Å²) in [6, 6.07) is 3.67. The lowest BCUT2D eigenvalue weighted by Crippen LogP contribution is -2.18. The minimum absolute atomic E-state index is 0.341. The maximum absolute atomic E-state index is 11.6. The summed E-state index contributed by atoms with van der Waals surface area (Å²) in [5.74, 6) is 0.668. The first-order valence-electron chi connectivity index (χ1n) is 4.69. The van der Waals surface area contributed by atoms with E-state index < -0.39 is 0 Å². The van der Waals surface area contributed by atoms with Crippen LogP contribution in [0.25, 0.3) is 0 Å². The maximum Gasteiger partial charge on any atom is 0.342 e. The van der Waals surface area contributed by atoms with Gasteiger partial charge in [0.15, 0.2) is 11.5 Å². The van der Waals surface area contributed by atoms with E-state index >= 15 is 0 Å². The lowest BCUT2D eigenvalue weighted by atomic mass is 10.0. The van der Waals surface area contributed by atoms with Gasteiger partial charge in [0.2, 0.25) is 0 Å². The molecule has 1 aliphatic rings. The van der Waals surface area contributed by atoms with E-state index in [9.17, 15) is 4.79 Å². The summed E-state index contributed by atoms with van der Waals surface area (Å²) in [6.45, 7) is 0.432. The molecule has 0 saturated heterocycles. The molecule has 0 spiro atoms. The van der Waals surface area contributed by atoms with E-state index in [2.05, 4.69) is 0 Å². The normalized spacial score (nSPS) is 14.1. The van der Waals surface area contributed by atoms with Crippen molar-refractivity contribution in [3.63, 3.8) is 0 Å². The molecule has 2 rings (SSSR count). The lowest BCUT2D eigenvalue weighted by molar-refractivity contribution is 0.0475.